The highest BCUT2D eigenvalue weighted by Gasteiger charge is 2.20. The fourth-order valence-electron chi connectivity index (χ4n) is 3.76. The Morgan fingerprint density at radius 2 is 1.30 bits per heavy atom. The summed E-state index contributed by atoms with van der Waals surface area (Å²) in [5.74, 6) is 0. The summed E-state index contributed by atoms with van der Waals surface area (Å²) in [4.78, 5) is 8.88. The molecule has 27 heavy (non-hydrogen) atoms. The number of halogens is 1. The van der Waals surface area contributed by atoms with Crippen molar-refractivity contribution in [1.82, 2.24) is 9.97 Å². The van der Waals surface area contributed by atoms with E-state index in [1.54, 1.807) is 0 Å². The molecule has 128 valence electrons. The van der Waals surface area contributed by atoms with Gasteiger partial charge in [-0.25, -0.2) is 4.98 Å². The molecule has 0 bridgehead atoms. The van der Waals surface area contributed by atoms with Crippen LogP contribution in [0.4, 0.5) is 0 Å². The maximum Gasteiger partial charge on any atom is 0.232 e. The van der Waals surface area contributed by atoms with Crippen molar-refractivity contribution >= 4 is 55.6 Å². The predicted octanol–water partition coefficient (Wildman–Crippen LogP) is 6.60. The number of furan rings is 2. The zero-order chi connectivity index (χ0) is 18.0. The molecule has 0 unspecified atom stereocenters. The molecular weight excluding hydrogens is 360 g/mol. The Labute approximate surface area is 158 Å². The first-order valence-electron chi connectivity index (χ1n) is 8.55. The second kappa shape index (κ2) is 5.32. The molecule has 6 aromatic rings. The van der Waals surface area contributed by atoms with E-state index in [9.17, 15) is 0 Å². The summed E-state index contributed by atoms with van der Waals surface area (Å²) >= 11 is 6.24. The molecule has 3 aromatic carbocycles. The third-order valence-electron chi connectivity index (χ3n) is 4.87. The van der Waals surface area contributed by atoms with Gasteiger partial charge in [-0.1, -0.05) is 48.5 Å². The quantitative estimate of drug-likeness (QED) is 0.306. The molecule has 0 fully saturated rings. The van der Waals surface area contributed by atoms with Crippen molar-refractivity contribution in [2.75, 3.05) is 0 Å². The van der Waals surface area contributed by atoms with Crippen LogP contribution >= 0.6 is 11.6 Å². The van der Waals surface area contributed by atoms with Crippen LogP contribution in [-0.2, 0) is 0 Å². The number of rotatable bonds is 1. The van der Waals surface area contributed by atoms with Crippen molar-refractivity contribution in [3.63, 3.8) is 0 Å². The second-order valence-electron chi connectivity index (χ2n) is 6.40. The highest BCUT2D eigenvalue weighted by atomic mass is 35.5. The molecule has 3 heterocycles. The molecule has 0 aliphatic heterocycles. The van der Waals surface area contributed by atoms with Crippen molar-refractivity contribution in [2.45, 2.75) is 0 Å². The van der Waals surface area contributed by atoms with Crippen molar-refractivity contribution in [3.05, 3.63) is 72.0 Å². The minimum atomic E-state index is 0.154. The molecule has 5 heteroatoms. The van der Waals surface area contributed by atoms with Gasteiger partial charge in [0.05, 0.1) is 11.1 Å². The van der Waals surface area contributed by atoms with Crippen LogP contribution in [0.3, 0.4) is 0 Å². The van der Waals surface area contributed by atoms with Crippen LogP contribution in [-0.4, -0.2) is 9.97 Å². The molecule has 0 saturated carbocycles. The monoisotopic (exact) mass is 370 g/mol. The molecule has 0 amide bonds. The topological polar surface area (TPSA) is 52.1 Å². The van der Waals surface area contributed by atoms with Crippen LogP contribution in [0.15, 0.2) is 75.6 Å². The molecule has 0 aliphatic carbocycles. The Bertz CT molecular complexity index is 1500. The van der Waals surface area contributed by atoms with Gasteiger partial charge in [0.25, 0.3) is 0 Å². The fraction of sp³-hybridized carbons (Fsp3) is 0. The standard InChI is InChI=1S/C22H11ClN2O2/c23-22-24-20(19-13-7-2-4-10-16(13)27-21(19)25-22)14-8-5-11-17-18(14)12-6-1-3-9-15(12)26-17/h1-11H. The van der Waals surface area contributed by atoms with Gasteiger partial charge in [-0.3, -0.25) is 0 Å². The average molecular weight is 371 g/mol. The van der Waals surface area contributed by atoms with Gasteiger partial charge in [0, 0.05) is 21.7 Å². The lowest BCUT2D eigenvalue weighted by atomic mass is 10.0. The van der Waals surface area contributed by atoms with E-state index in [-0.39, 0.29) is 5.28 Å². The van der Waals surface area contributed by atoms with Gasteiger partial charge in [0.2, 0.25) is 11.0 Å². The summed E-state index contributed by atoms with van der Waals surface area (Å²) in [6.45, 7) is 0. The number of nitrogens with zero attached hydrogens (tertiary/aromatic N) is 2. The summed E-state index contributed by atoms with van der Waals surface area (Å²) in [6, 6.07) is 21.8. The lowest BCUT2D eigenvalue weighted by Gasteiger charge is -2.05. The Morgan fingerprint density at radius 1 is 0.630 bits per heavy atom. The van der Waals surface area contributed by atoms with Crippen molar-refractivity contribution < 1.29 is 8.83 Å². The third kappa shape index (κ3) is 2.04. The smallest absolute Gasteiger partial charge is 0.232 e. The number of hydrogen-bond acceptors (Lipinski definition) is 4. The summed E-state index contributed by atoms with van der Waals surface area (Å²) in [6.07, 6.45) is 0. The van der Waals surface area contributed by atoms with E-state index in [1.807, 2.05) is 60.7 Å². The SMILES string of the molecule is Clc1nc(-c2cccc3oc4ccccc4c23)c2c(n1)oc1ccccc12. The molecule has 0 radical (unpaired) electrons. The van der Waals surface area contributed by atoms with Crippen LogP contribution in [0.1, 0.15) is 0 Å². The van der Waals surface area contributed by atoms with Crippen LogP contribution in [0, 0.1) is 0 Å². The maximum absolute atomic E-state index is 6.24. The summed E-state index contributed by atoms with van der Waals surface area (Å²) in [5.41, 5.74) is 4.58. The van der Waals surface area contributed by atoms with Gasteiger partial charge in [-0.15, -0.1) is 0 Å². The molecule has 0 N–H and O–H groups in total. The van der Waals surface area contributed by atoms with E-state index >= 15 is 0 Å². The van der Waals surface area contributed by atoms with E-state index in [1.165, 1.54) is 0 Å². The normalized spacial score (nSPS) is 11.9. The van der Waals surface area contributed by atoms with Crippen molar-refractivity contribution in [2.24, 2.45) is 0 Å². The maximum atomic E-state index is 6.24. The highest BCUT2D eigenvalue weighted by Crippen LogP contribution is 2.41. The van der Waals surface area contributed by atoms with E-state index in [0.717, 1.165) is 49.6 Å². The third-order valence-corrected chi connectivity index (χ3v) is 5.04. The van der Waals surface area contributed by atoms with Crippen molar-refractivity contribution in [3.8, 4) is 11.3 Å². The minimum absolute atomic E-state index is 0.154. The van der Waals surface area contributed by atoms with Crippen LogP contribution in [0.25, 0.3) is 55.3 Å². The second-order valence-corrected chi connectivity index (χ2v) is 6.73. The zero-order valence-electron chi connectivity index (χ0n) is 13.9. The Hall–Kier alpha value is -3.37. The summed E-state index contributed by atoms with van der Waals surface area (Å²) in [7, 11) is 0. The predicted molar refractivity (Wildman–Crippen MR) is 107 cm³/mol. The average Bonchev–Trinajstić information content (AvgIpc) is 3.25. The highest BCUT2D eigenvalue weighted by molar-refractivity contribution is 6.29. The van der Waals surface area contributed by atoms with Gasteiger partial charge in [0.15, 0.2) is 0 Å². The molecule has 4 nitrogen and oxygen atoms in total. The number of hydrogen-bond donors (Lipinski definition) is 0. The number of para-hydroxylation sites is 2. The van der Waals surface area contributed by atoms with E-state index < -0.39 is 0 Å². The van der Waals surface area contributed by atoms with Gasteiger partial charge < -0.3 is 8.83 Å². The molecular formula is C22H11ClN2O2. The molecule has 0 spiro atoms. The molecule has 0 saturated heterocycles. The zero-order valence-corrected chi connectivity index (χ0v) is 14.7. The number of fused-ring (bicyclic) bond motifs is 6. The first-order chi connectivity index (χ1) is 13.3. The Balaban J connectivity index is 1.83. The van der Waals surface area contributed by atoms with Crippen molar-refractivity contribution in [1.29, 1.82) is 0 Å². The van der Waals surface area contributed by atoms with Gasteiger partial charge >= 0.3 is 0 Å². The molecule has 0 aliphatic rings. The van der Waals surface area contributed by atoms with E-state index in [0.29, 0.717) is 5.71 Å². The van der Waals surface area contributed by atoms with Gasteiger partial charge in [-0.05, 0) is 29.8 Å². The van der Waals surface area contributed by atoms with Crippen LogP contribution in [0.2, 0.25) is 5.28 Å². The fourth-order valence-corrected chi connectivity index (χ4v) is 3.93. The largest absolute Gasteiger partial charge is 0.456 e. The number of aromatic nitrogens is 2. The first-order valence-corrected chi connectivity index (χ1v) is 8.93. The first kappa shape index (κ1) is 14.8. The molecule has 6 rings (SSSR count). The lowest BCUT2D eigenvalue weighted by molar-refractivity contribution is 0.653. The lowest BCUT2D eigenvalue weighted by Crippen LogP contribution is -1.90. The number of benzene rings is 3. The van der Waals surface area contributed by atoms with Gasteiger partial charge in [0.1, 0.15) is 16.7 Å². The van der Waals surface area contributed by atoms with Crippen LogP contribution < -0.4 is 0 Å². The summed E-state index contributed by atoms with van der Waals surface area (Å²) in [5, 5.41) is 4.02. The van der Waals surface area contributed by atoms with Gasteiger partial charge in [-0.2, -0.15) is 4.98 Å². The van der Waals surface area contributed by atoms with E-state index in [2.05, 4.69) is 16.0 Å². The molecule has 0 atom stereocenters. The summed E-state index contributed by atoms with van der Waals surface area (Å²) < 4.78 is 11.9. The Morgan fingerprint density at radius 3 is 2.11 bits per heavy atom. The van der Waals surface area contributed by atoms with Crippen LogP contribution in [0.5, 0.6) is 0 Å². The van der Waals surface area contributed by atoms with E-state index in [4.69, 9.17) is 20.4 Å². The minimum Gasteiger partial charge on any atom is -0.456 e. The Kier molecular flexibility index (Phi) is 2.91. The molecule has 3 aromatic heterocycles.